The highest BCUT2D eigenvalue weighted by molar-refractivity contribution is 6.71. The number of hydrogen-bond acceptors (Lipinski definition) is 11. The molecule has 11 nitrogen and oxygen atoms in total. The zero-order valence-corrected chi connectivity index (χ0v) is 38.8. The van der Waals surface area contributed by atoms with E-state index in [-0.39, 0.29) is 13.2 Å². The van der Waals surface area contributed by atoms with Gasteiger partial charge in [-0.2, -0.15) is 0 Å². The van der Waals surface area contributed by atoms with Crippen molar-refractivity contribution in [1.29, 1.82) is 0 Å². The van der Waals surface area contributed by atoms with Crippen LogP contribution >= 0.6 is 0 Å². The Balaban J connectivity index is 2.72. The summed E-state index contributed by atoms with van der Waals surface area (Å²) in [6, 6.07) is 0. The van der Waals surface area contributed by atoms with Crippen LogP contribution in [0.2, 0.25) is 118 Å². The summed E-state index contributed by atoms with van der Waals surface area (Å²) in [5.41, 5.74) is 0. The zero-order chi connectivity index (χ0) is 36.6. The second-order valence-electron chi connectivity index (χ2n) is 18.8. The van der Waals surface area contributed by atoms with Crippen molar-refractivity contribution >= 4 is 49.9 Å². The Morgan fingerprint density at radius 2 is 0.574 bits per heavy atom. The van der Waals surface area contributed by atoms with Gasteiger partial charge in [0.1, 0.15) is 48.8 Å². The van der Waals surface area contributed by atoms with E-state index < -0.39 is 111 Å². The first-order valence-corrected chi connectivity index (χ1v) is 37.6. The van der Waals surface area contributed by atoms with Crippen LogP contribution < -0.4 is 0 Å². The second kappa shape index (κ2) is 16.3. The summed E-state index contributed by atoms with van der Waals surface area (Å²) >= 11 is 0. The third-order valence-electron chi connectivity index (χ3n) is 6.75. The van der Waals surface area contributed by atoms with Gasteiger partial charge in [0, 0.05) is 0 Å². The minimum Gasteiger partial charge on any atom is -0.409 e. The summed E-state index contributed by atoms with van der Waals surface area (Å²) in [5, 5.41) is 21.4. The van der Waals surface area contributed by atoms with E-state index in [1.54, 1.807) is 0 Å². The Kier molecular flexibility index (Phi) is 15.2. The maximum atomic E-state index is 10.7. The molecule has 0 aromatic rings. The van der Waals surface area contributed by atoms with Crippen LogP contribution in [0.3, 0.4) is 0 Å². The molecule has 47 heavy (non-hydrogen) atoms. The summed E-state index contributed by atoms with van der Waals surface area (Å²) < 4.78 is 61.0. The number of hydrogen-bond donors (Lipinski definition) is 2. The van der Waals surface area contributed by atoms with Gasteiger partial charge in [-0.15, -0.1) is 0 Å². The topological polar surface area (TPSA) is 124 Å². The fourth-order valence-corrected chi connectivity index (χ4v) is 12.2. The Hall–Kier alpha value is 0.861. The molecule has 2 N–H and O–H groups in total. The first-order valence-electron chi connectivity index (χ1n) is 17.2. The summed E-state index contributed by atoms with van der Waals surface area (Å²) in [7, 11) is -13.0. The summed E-state index contributed by atoms with van der Waals surface area (Å²) in [6.45, 7) is 37.6. The second-order valence-corrected chi connectivity index (χ2v) is 45.5. The van der Waals surface area contributed by atoms with Crippen molar-refractivity contribution in [2.45, 2.75) is 179 Å². The first kappa shape index (κ1) is 44.0. The van der Waals surface area contributed by atoms with Crippen LogP contribution in [0.1, 0.15) is 0 Å². The standard InChI is InChI=1S/C30H70O11Si6/c1-42(2,3)36-23-21(19-31)33-29(27(40-46(13,14)15)25(23)38-44(7,8)9)35-30-28(41-47(16,17)18)26(39-45(10,11)12)24(22(20-32)34-30)37-43(4,5)6/h21-32H,19-20H2,1-18H3/t21-,22?,23-,24-,25?,26?,27?,28?,29-,30-/m1/s1. The quantitative estimate of drug-likeness (QED) is 0.186. The van der Waals surface area contributed by atoms with Crippen LogP contribution in [-0.2, 0) is 40.8 Å². The third-order valence-corrected chi connectivity index (χ3v) is 12.6. The molecule has 280 valence electrons. The van der Waals surface area contributed by atoms with E-state index in [9.17, 15) is 10.2 Å². The highest BCUT2D eigenvalue weighted by Gasteiger charge is 2.56. The average molecular weight is 775 g/mol. The van der Waals surface area contributed by atoms with Crippen molar-refractivity contribution in [3.05, 3.63) is 0 Å². The molecule has 0 amide bonds. The number of aliphatic hydroxyl groups excluding tert-OH is 2. The van der Waals surface area contributed by atoms with Crippen molar-refractivity contribution in [2.24, 2.45) is 0 Å². The molecule has 10 atom stereocenters. The smallest absolute Gasteiger partial charge is 0.188 e. The van der Waals surface area contributed by atoms with Gasteiger partial charge in [0.05, 0.1) is 13.2 Å². The van der Waals surface area contributed by atoms with E-state index in [0.29, 0.717) is 0 Å². The Labute approximate surface area is 292 Å². The summed E-state index contributed by atoms with van der Waals surface area (Å²) in [6.07, 6.45) is -6.97. The predicted molar refractivity (Wildman–Crippen MR) is 202 cm³/mol. The molecule has 0 aromatic carbocycles. The van der Waals surface area contributed by atoms with Gasteiger partial charge in [-0.3, -0.25) is 0 Å². The fraction of sp³-hybridized carbons (Fsp3) is 1.00. The molecule has 2 fully saturated rings. The van der Waals surface area contributed by atoms with Crippen molar-refractivity contribution in [2.75, 3.05) is 13.2 Å². The van der Waals surface area contributed by atoms with Crippen molar-refractivity contribution in [3.8, 4) is 0 Å². The van der Waals surface area contributed by atoms with Gasteiger partial charge in [-0.05, 0) is 118 Å². The van der Waals surface area contributed by atoms with Gasteiger partial charge in [-0.1, -0.05) is 0 Å². The Morgan fingerprint density at radius 3 is 0.787 bits per heavy atom. The van der Waals surface area contributed by atoms with Gasteiger partial charge in [0.15, 0.2) is 62.5 Å². The molecule has 2 aliphatic heterocycles. The van der Waals surface area contributed by atoms with Crippen molar-refractivity contribution in [3.63, 3.8) is 0 Å². The number of ether oxygens (including phenoxy) is 3. The molecular weight excluding hydrogens is 705 g/mol. The average Bonchev–Trinajstić information content (AvgIpc) is 2.81. The van der Waals surface area contributed by atoms with Crippen LogP contribution in [0.4, 0.5) is 0 Å². The highest BCUT2D eigenvalue weighted by atomic mass is 28.4. The Morgan fingerprint density at radius 1 is 0.362 bits per heavy atom. The van der Waals surface area contributed by atoms with Crippen molar-refractivity contribution in [1.82, 2.24) is 0 Å². The van der Waals surface area contributed by atoms with E-state index in [1.807, 2.05) is 0 Å². The lowest BCUT2D eigenvalue weighted by Gasteiger charge is -2.53. The minimum atomic E-state index is -2.22. The molecule has 0 bridgehead atoms. The molecule has 17 heteroatoms. The lowest BCUT2D eigenvalue weighted by molar-refractivity contribution is -0.368. The summed E-state index contributed by atoms with van der Waals surface area (Å²) in [5.74, 6) is 0. The van der Waals surface area contributed by atoms with Gasteiger partial charge in [0.2, 0.25) is 0 Å². The molecule has 0 spiro atoms. The van der Waals surface area contributed by atoms with Gasteiger partial charge < -0.3 is 51.0 Å². The van der Waals surface area contributed by atoms with E-state index in [2.05, 4.69) is 118 Å². The summed E-state index contributed by atoms with van der Waals surface area (Å²) in [4.78, 5) is 0. The lowest BCUT2D eigenvalue weighted by atomic mass is 9.98. The molecule has 2 saturated heterocycles. The largest absolute Gasteiger partial charge is 0.409 e. The molecule has 0 aromatic heterocycles. The molecule has 2 rings (SSSR count). The number of rotatable bonds is 16. The molecule has 2 aliphatic rings. The molecule has 0 radical (unpaired) electrons. The van der Waals surface area contributed by atoms with Gasteiger partial charge in [0.25, 0.3) is 0 Å². The predicted octanol–water partition coefficient (Wildman–Crippen LogP) is 5.76. The van der Waals surface area contributed by atoms with Crippen LogP contribution in [-0.4, -0.2) is 135 Å². The maximum absolute atomic E-state index is 10.7. The first-order chi connectivity index (χ1) is 20.9. The van der Waals surface area contributed by atoms with E-state index >= 15 is 0 Å². The normalized spacial score (nSPS) is 33.7. The van der Waals surface area contributed by atoms with Crippen LogP contribution in [0, 0.1) is 0 Å². The molecule has 5 unspecified atom stereocenters. The van der Waals surface area contributed by atoms with Crippen molar-refractivity contribution < 1.29 is 51.0 Å². The van der Waals surface area contributed by atoms with Crippen LogP contribution in [0.15, 0.2) is 0 Å². The minimum absolute atomic E-state index is 0.284. The van der Waals surface area contributed by atoms with Crippen LogP contribution in [0.5, 0.6) is 0 Å². The van der Waals surface area contributed by atoms with Gasteiger partial charge in [-0.25, -0.2) is 0 Å². The van der Waals surface area contributed by atoms with E-state index in [4.69, 9.17) is 40.8 Å². The monoisotopic (exact) mass is 774 g/mol. The Bertz CT molecular complexity index is 892. The number of aliphatic hydroxyl groups is 2. The fourth-order valence-electron chi connectivity index (χ4n) is 5.65. The maximum Gasteiger partial charge on any atom is 0.188 e. The SMILES string of the molecule is C[Si](C)(C)OC1C(O[Si](C)(C)C)[C@H](O[Si](C)(C)C)C(CO)O[C@@H]1O[C@H]1O[C@H](CO)[C@@H](O[Si](C)(C)C)C(O[Si](C)(C)C)C1O[Si](C)(C)C. The molecule has 0 aliphatic carbocycles. The third kappa shape index (κ3) is 15.2. The highest BCUT2D eigenvalue weighted by Crippen LogP contribution is 2.38. The zero-order valence-electron chi connectivity index (χ0n) is 32.8. The van der Waals surface area contributed by atoms with Crippen LogP contribution in [0.25, 0.3) is 0 Å². The molecule has 0 saturated carbocycles. The molecule has 2 heterocycles. The van der Waals surface area contributed by atoms with E-state index in [1.165, 1.54) is 0 Å². The van der Waals surface area contributed by atoms with Gasteiger partial charge >= 0.3 is 0 Å². The lowest BCUT2D eigenvalue weighted by Crippen LogP contribution is -2.69. The molecular formula is C30H70O11Si6. The van der Waals surface area contributed by atoms with E-state index in [0.717, 1.165) is 0 Å².